The standard InChI is InChI=1S/C20H23NO3/c1-13-10-14(2)18(15(3)11-13)12-19(22)21-17-7-4-16(5-8-17)6-9-20(23)24/h4-5,7-8,10-11H,6,9,12H2,1-3H3,(H,21,22)(H,23,24). The van der Waals surface area contributed by atoms with Gasteiger partial charge in [0.05, 0.1) is 6.42 Å². The number of amides is 1. The summed E-state index contributed by atoms with van der Waals surface area (Å²) in [4.78, 5) is 22.9. The number of aryl methyl sites for hydroxylation is 4. The quantitative estimate of drug-likeness (QED) is 0.848. The maximum Gasteiger partial charge on any atom is 0.303 e. The van der Waals surface area contributed by atoms with Crippen molar-refractivity contribution >= 4 is 17.6 Å². The van der Waals surface area contributed by atoms with Crippen LogP contribution in [0.2, 0.25) is 0 Å². The minimum absolute atomic E-state index is 0.0525. The number of hydrogen-bond acceptors (Lipinski definition) is 2. The highest BCUT2D eigenvalue weighted by molar-refractivity contribution is 5.92. The molecule has 2 aromatic carbocycles. The maximum atomic E-state index is 12.3. The van der Waals surface area contributed by atoms with Crippen molar-refractivity contribution in [2.75, 3.05) is 5.32 Å². The Kier molecular flexibility index (Phi) is 5.74. The van der Waals surface area contributed by atoms with Crippen LogP contribution in [0.4, 0.5) is 5.69 Å². The zero-order valence-electron chi connectivity index (χ0n) is 14.3. The molecule has 2 aromatic rings. The molecular formula is C20H23NO3. The number of aliphatic carboxylic acids is 1. The average Bonchev–Trinajstić information content (AvgIpc) is 2.50. The highest BCUT2D eigenvalue weighted by Gasteiger charge is 2.10. The summed E-state index contributed by atoms with van der Waals surface area (Å²) in [5.74, 6) is -0.862. The summed E-state index contributed by atoms with van der Waals surface area (Å²) in [5.41, 5.74) is 6.20. The Morgan fingerprint density at radius 3 is 2.12 bits per heavy atom. The van der Waals surface area contributed by atoms with Crippen LogP contribution in [0.25, 0.3) is 0 Å². The van der Waals surface area contributed by atoms with Crippen LogP contribution in [-0.4, -0.2) is 17.0 Å². The van der Waals surface area contributed by atoms with Gasteiger partial charge in [0.1, 0.15) is 0 Å². The van der Waals surface area contributed by atoms with Crippen LogP contribution in [0.5, 0.6) is 0 Å². The monoisotopic (exact) mass is 325 g/mol. The molecule has 1 amide bonds. The number of hydrogen-bond donors (Lipinski definition) is 2. The molecule has 4 nitrogen and oxygen atoms in total. The third-order valence-electron chi connectivity index (χ3n) is 4.04. The fourth-order valence-electron chi connectivity index (χ4n) is 2.86. The van der Waals surface area contributed by atoms with Gasteiger partial charge < -0.3 is 10.4 Å². The number of benzene rings is 2. The van der Waals surface area contributed by atoms with Gasteiger partial charge in [0.2, 0.25) is 5.91 Å². The summed E-state index contributed by atoms with van der Waals surface area (Å²) in [7, 11) is 0. The van der Waals surface area contributed by atoms with E-state index in [2.05, 4.69) is 24.4 Å². The second-order valence-corrected chi connectivity index (χ2v) is 6.19. The van der Waals surface area contributed by atoms with Crippen molar-refractivity contribution in [3.8, 4) is 0 Å². The SMILES string of the molecule is Cc1cc(C)c(CC(=O)Nc2ccc(CCC(=O)O)cc2)c(C)c1. The van der Waals surface area contributed by atoms with E-state index in [-0.39, 0.29) is 12.3 Å². The zero-order valence-corrected chi connectivity index (χ0v) is 14.3. The lowest BCUT2D eigenvalue weighted by atomic mass is 9.97. The van der Waals surface area contributed by atoms with Crippen molar-refractivity contribution < 1.29 is 14.7 Å². The number of anilines is 1. The molecule has 24 heavy (non-hydrogen) atoms. The molecule has 0 heterocycles. The molecule has 0 radical (unpaired) electrons. The Balaban J connectivity index is 1.99. The van der Waals surface area contributed by atoms with Gasteiger partial charge in [-0.2, -0.15) is 0 Å². The molecule has 0 unspecified atom stereocenters. The summed E-state index contributed by atoms with van der Waals surface area (Å²) in [5, 5.41) is 11.6. The van der Waals surface area contributed by atoms with Gasteiger partial charge in [0.25, 0.3) is 0 Å². The lowest BCUT2D eigenvalue weighted by Gasteiger charge is -2.12. The largest absolute Gasteiger partial charge is 0.481 e. The van der Waals surface area contributed by atoms with E-state index in [1.807, 2.05) is 38.1 Å². The maximum absolute atomic E-state index is 12.3. The Labute approximate surface area is 142 Å². The molecule has 0 aliphatic rings. The Bertz CT molecular complexity index is 725. The molecule has 126 valence electrons. The van der Waals surface area contributed by atoms with Crippen LogP contribution in [0, 0.1) is 20.8 Å². The molecule has 0 saturated carbocycles. The van der Waals surface area contributed by atoms with Crippen molar-refractivity contribution in [1.82, 2.24) is 0 Å². The summed E-state index contributed by atoms with van der Waals surface area (Å²) in [6.45, 7) is 6.11. The van der Waals surface area contributed by atoms with Crippen LogP contribution >= 0.6 is 0 Å². The van der Waals surface area contributed by atoms with Crippen molar-refractivity contribution in [2.24, 2.45) is 0 Å². The van der Waals surface area contributed by atoms with Crippen LogP contribution < -0.4 is 5.32 Å². The summed E-state index contributed by atoms with van der Waals surface area (Å²) in [6.07, 6.45) is 0.946. The van der Waals surface area contributed by atoms with Crippen LogP contribution in [0.1, 0.15) is 34.2 Å². The van der Waals surface area contributed by atoms with Gasteiger partial charge in [-0.05, 0) is 61.6 Å². The van der Waals surface area contributed by atoms with Gasteiger partial charge >= 0.3 is 5.97 Å². The first-order valence-electron chi connectivity index (χ1n) is 8.02. The lowest BCUT2D eigenvalue weighted by Crippen LogP contribution is -2.16. The molecule has 0 aliphatic carbocycles. The highest BCUT2D eigenvalue weighted by Crippen LogP contribution is 2.18. The molecule has 0 aromatic heterocycles. The zero-order chi connectivity index (χ0) is 17.7. The van der Waals surface area contributed by atoms with Crippen molar-refractivity contribution in [2.45, 2.75) is 40.0 Å². The Morgan fingerprint density at radius 2 is 1.58 bits per heavy atom. The second kappa shape index (κ2) is 7.77. The minimum Gasteiger partial charge on any atom is -0.481 e. The van der Waals surface area contributed by atoms with Crippen LogP contribution in [0.3, 0.4) is 0 Å². The number of rotatable bonds is 6. The topological polar surface area (TPSA) is 66.4 Å². The lowest BCUT2D eigenvalue weighted by molar-refractivity contribution is -0.137. The Hall–Kier alpha value is -2.62. The predicted octanol–water partition coefficient (Wildman–Crippen LogP) is 3.81. The van der Waals surface area contributed by atoms with Gasteiger partial charge in [-0.25, -0.2) is 0 Å². The van der Waals surface area contributed by atoms with Gasteiger partial charge in [-0.1, -0.05) is 29.8 Å². The molecule has 0 spiro atoms. The number of nitrogens with one attached hydrogen (secondary N) is 1. The number of carboxylic acid groups (broad SMARTS) is 1. The van der Waals surface area contributed by atoms with E-state index < -0.39 is 5.97 Å². The van der Waals surface area contributed by atoms with Gasteiger partial charge in [-0.15, -0.1) is 0 Å². The Morgan fingerprint density at radius 1 is 1.00 bits per heavy atom. The van der Waals surface area contributed by atoms with E-state index in [1.165, 1.54) is 5.56 Å². The molecule has 0 aliphatic heterocycles. The molecular weight excluding hydrogens is 302 g/mol. The average molecular weight is 325 g/mol. The van der Waals surface area contributed by atoms with E-state index in [9.17, 15) is 9.59 Å². The molecule has 2 rings (SSSR count). The number of carbonyl (C=O) groups excluding carboxylic acids is 1. The van der Waals surface area contributed by atoms with Gasteiger partial charge in [-0.3, -0.25) is 9.59 Å². The molecule has 0 atom stereocenters. The number of carbonyl (C=O) groups is 2. The first kappa shape index (κ1) is 17.7. The molecule has 0 saturated heterocycles. The smallest absolute Gasteiger partial charge is 0.303 e. The van der Waals surface area contributed by atoms with Gasteiger partial charge in [0.15, 0.2) is 0 Å². The summed E-state index contributed by atoms with van der Waals surface area (Å²) in [6, 6.07) is 11.5. The number of carboxylic acids is 1. The molecule has 2 N–H and O–H groups in total. The highest BCUT2D eigenvalue weighted by atomic mass is 16.4. The predicted molar refractivity (Wildman–Crippen MR) is 95.4 cm³/mol. The molecule has 0 fully saturated rings. The molecule has 4 heteroatoms. The van der Waals surface area contributed by atoms with E-state index in [1.54, 1.807) is 0 Å². The summed E-state index contributed by atoms with van der Waals surface area (Å²) >= 11 is 0. The van der Waals surface area contributed by atoms with E-state index in [0.717, 1.165) is 27.9 Å². The van der Waals surface area contributed by atoms with Crippen molar-refractivity contribution in [3.05, 3.63) is 64.2 Å². The summed E-state index contributed by atoms with van der Waals surface area (Å²) < 4.78 is 0. The second-order valence-electron chi connectivity index (χ2n) is 6.19. The van der Waals surface area contributed by atoms with Crippen LogP contribution in [0.15, 0.2) is 36.4 Å². The van der Waals surface area contributed by atoms with Crippen molar-refractivity contribution in [3.63, 3.8) is 0 Å². The first-order valence-corrected chi connectivity index (χ1v) is 8.02. The molecule has 0 bridgehead atoms. The van der Waals surface area contributed by atoms with E-state index >= 15 is 0 Å². The van der Waals surface area contributed by atoms with E-state index in [4.69, 9.17) is 5.11 Å². The first-order chi connectivity index (χ1) is 11.3. The van der Waals surface area contributed by atoms with Gasteiger partial charge in [0, 0.05) is 12.1 Å². The minimum atomic E-state index is -0.809. The third-order valence-corrected chi connectivity index (χ3v) is 4.04. The normalized spacial score (nSPS) is 10.5. The fraction of sp³-hybridized carbons (Fsp3) is 0.300. The van der Waals surface area contributed by atoms with Crippen molar-refractivity contribution in [1.29, 1.82) is 0 Å². The third kappa shape index (κ3) is 4.95. The van der Waals surface area contributed by atoms with E-state index in [0.29, 0.717) is 12.8 Å². The van der Waals surface area contributed by atoms with Crippen LogP contribution in [-0.2, 0) is 22.4 Å². The fourth-order valence-corrected chi connectivity index (χ4v) is 2.86.